The van der Waals surface area contributed by atoms with Crippen LogP contribution in [0.15, 0.2) is 18.2 Å². The first-order chi connectivity index (χ1) is 8.17. The zero-order valence-electron chi connectivity index (χ0n) is 9.76. The Kier molecular flexibility index (Phi) is 7.04. The van der Waals surface area contributed by atoms with E-state index in [1.807, 2.05) is 0 Å². The van der Waals surface area contributed by atoms with Crippen LogP contribution in [-0.2, 0) is 11.3 Å². The first-order valence-corrected chi connectivity index (χ1v) is 6.88. The van der Waals surface area contributed by atoms with Crippen LogP contribution < -0.4 is 0 Å². The van der Waals surface area contributed by atoms with Crippen molar-refractivity contribution < 1.29 is 9.13 Å². The van der Waals surface area contributed by atoms with Crippen LogP contribution in [0.3, 0.4) is 0 Å². The smallest absolute Gasteiger partial charge is 0.124 e. The lowest BCUT2D eigenvalue weighted by Crippen LogP contribution is -2.29. The van der Waals surface area contributed by atoms with Gasteiger partial charge in [-0.05, 0) is 17.7 Å². The second-order valence-electron chi connectivity index (χ2n) is 3.69. The molecule has 0 aliphatic heterocycles. The molecule has 1 rings (SSSR count). The molecule has 5 heteroatoms. The number of nitrogens with zero attached hydrogens (tertiary/aromatic N) is 1. The molecule has 0 aromatic heterocycles. The molecule has 0 amide bonds. The zero-order valence-corrected chi connectivity index (χ0v) is 12.1. The number of methoxy groups -OCH3 is 1. The van der Waals surface area contributed by atoms with Gasteiger partial charge in [-0.15, -0.1) is 0 Å². The van der Waals surface area contributed by atoms with Gasteiger partial charge in [0.1, 0.15) is 5.82 Å². The van der Waals surface area contributed by atoms with Crippen LogP contribution in [0.25, 0.3) is 0 Å². The minimum absolute atomic E-state index is 0.303. The lowest BCUT2D eigenvalue weighted by atomic mass is 10.2. The minimum atomic E-state index is -0.303. The van der Waals surface area contributed by atoms with E-state index in [9.17, 15) is 4.39 Å². The summed E-state index contributed by atoms with van der Waals surface area (Å²) in [6.45, 7) is 3.10. The molecule has 0 bridgehead atoms. The van der Waals surface area contributed by atoms with E-state index in [2.05, 4.69) is 20.8 Å². The predicted octanol–water partition coefficient (Wildman–Crippen LogP) is 3.32. The lowest BCUT2D eigenvalue weighted by molar-refractivity contribution is 0.148. The van der Waals surface area contributed by atoms with E-state index in [1.54, 1.807) is 13.2 Å². The molecule has 0 aliphatic rings. The van der Waals surface area contributed by atoms with Crippen LogP contribution in [0.5, 0.6) is 0 Å². The zero-order chi connectivity index (χ0) is 12.7. The highest BCUT2D eigenvalue weighted by Crippen LogP contribution is 2.19. The highest BCUT2D eigenvalue weighted by molar-refractivity contribution is 9.09. The summed E-state index contributed by atoms with van der Waals surface area (Å²) in [7, 11) is 1.68. The minimum Gasteiger partial charge on any atom is -0.383 e. The molecule has 0 radical (unpaired) electrons. The Balaban J connectivity index is 2.64. The molecule has 0 spiro atoms. The Morgan fingerprint density at radius 1 is 1.41 bits per heavy atom. The van der Waals surface area contributed by atoms with E-state index in [-0.39, 0.29) is 5.82 Å². The van der Waals surface area contributed by atoms with Gasteiger partial charge in [0.05, 0.1) is 6.61 Å². The maximum Gasteiger partial charge on any atom is 0.124 e. The van der Waals surface area contributed by atoms with Gasteiger partial charge in [0.2, 0.25) is 0 Å². The Morgan fingerprint density at radius 3 is 2.76 bits per heavy atom. The van der Waals surface area contributed by atoms with Crippen LogP contribution in [0.4, 0.5) is 4.39 Å². The van der Waals surface area contributed by atoms with Crippen molar-refractivity contribution in [1.29, 1.82) is 0 Å². The Morgan fingerprint density at radius 2 is 2.18 bits per heavy atom. The van der Waals surface area contributed by atoms with Crippen LogP contribution in [-0.4, -0.2) is 37.0 Å². The highest BCUT2D eigenvalue weighted by Gasteiger charge is 2.08. The van der Waals surface area contributed by atoms with Gasteiger partial charge < -0.3 is 4.74 Å². The molecular formula is C12H16BrClFNO. The van der Waals surface area contributed by atoms with Crippen molar-refractivity contribution >= 4 is 27.5 Å². The molecule has 0 saturated carbocycles. The van der Waals surface area contributed by atoms with Gasteiger partial charge in [-0.2, -0.15) is 0 Å². The van der Waals surface area contributed by atoms with Crippen LogP contribution in [0.1, 0.15) is 5.56 Å². The van der Waals surface area contributed by atoms with Gasteiger partial charge in [-0.1, -0.05) is 33.6 Å². The monoisotopic (exact) mass is 323 g/mol. The maximum absolute atomic E-state index is 12.9. The van der Waals surface area contributed by atoms with E-state index in [0.29, 0.717) is 18.2 Å². The Labute approximate surface area is 115 Å². The van der Waals surface area contributed by atoms with E-state index >= 15 is 0 Å². The molecule has 0 atom stereocenters. The van der Waals surface area contributed by atoms with Gasteiger partial charge in [0.25, 0.3) is 0 Å². The average molecular weight is 325 g/mol. The number of hydrogen-bond donors (Lipinski definition) is 0. The molecule has 0 fully saturated rings. The van der Waals surface area contributed by atoms with Crippen molar-refractivity contribution in [2.75, 3.05) is 32.1 Å². The number of halogens is 3. The predicted molar refractivity (Wildman–Crippen MR) is 72.4 cm³/mol. The number of ether oxygens (including phenoxy) is 1. The van der Waals surface area contributed by atoms with Crippen LogP contribution >= 0.6 is 27.5 Å². The Bertz CT molecular complexity index is 351. The molecule has 96 valence electrons. The summed E-state index contributed by atoms with van der Waals surface area (Å²) in [5.41, 5.74) is 0.935. The number of hydrogen-bond acceptors (Lipinski definition) is 2. The molecule has 17 heavy (non-hydrogen) atoms. The van der Waals surface area contributed by atoms with Crippen LogP contribution in [0.2, 0.25) is 5.02 Å². The standard InChI is InChI=1S/C12H16BrClFNO/c1-17-7-6-16(5-4-13)9-10-2-3-11(15)8-12(10)14/h2-3,8H,4-7,9H2,1H3. The quantitative estimate of drug-likeness (QED) is 0.713. The first kappa shape index (κ1) is 14.9. The third-order valence-corrected chi connectivity index (χ3v) is 3.13. The van der Waals surface area contributed by atoms with Gasteiger partial charge in [0, 0.05) is 37.1 Å². The van der Waals surface area contributed by atoms with E-state index in [1.165, 1.54) is 12.1 Å². The second kappa shape index (κ2) is 8.03. The number of alkyl halides is 1. The van der Waals surface area contributed by atoms with Crippen LogP contribution in [0, 0.1) is 5.82 Å². The molecule has 0 heterocycles. The molecule has 2 nitrogen and oxygen atoms in total. The molecule has 0 saturated heterocycles. The summed E-state index contributed by atoms with van der Waals surface area (Å²) in [5, 5.41) is 1.36. The molecule has 0 aliphatic carbocycles. The number of benzene rings is 1. The van der Waals surface area contributed by atoms with E-state index < -0.39 is 0 Å². The second-order valence-corrected chi connectivity index (χ2v) is 4.89. The lowest BCUT2D eigenvalue weighted by Gasteiger charge is -2.21. The topological polar surface area (TPSA) is 12.5 Å². The fourth-order valence-corrected chi connectivity index (χ4v) is 2.23. The summed E-state index contributed by atoms with van der Waals surface area (Å²) < 4.78 is 18.0. The van der Waals surface area contributed by atoms with Gasteiger partial charge in [0.15, 0.2) is 0 Å². The summed E-state index contributed by atoms with van der Waals surface area (Å²) >= 11 is 9.41. The van der Waals surface area contributed by atoms with Gasteiger partial charge in [-0.3, -0.25) is 4.90 Å². The normalized spacial score (nSPS) is 11.1. The van der Waals surface area contributed by atoms with Crippen molar-refractivity contribution in [2.45, 2.75) is 6.54 Å². The van der Waals surface area contributed by atoms with Crippen molar-refractivity contribution in [3.05, 3.63) is 34.6 Å². The molecule has 0 N–H and O–H groups in total. The summed E-state index contributed by atoms with van der Waals surface area (Å²) in [6, 6.07) is 4.51. The first-order valence-electron chi connectivity index (χ1n) is 5.38. The van der Waals surface area contributed by atoms with Crippen molar-refractivity contribution in [1.82, 2.24) is 4.90 Å². The Hall–Kier alpha value is -0.160. The van der Waals surface area contributed by atoms with Gasteiger partial charge >= 0.3 is 0 Å². The summed E-state index contributed by atoms with van der Waals surface area (Å²) in [5.74, 6) is -0.303. The average Bonchev–Trinajstić information content (AvgIpc) is 2.29. The van der Waals surface area contributed by atoms with Crippen molar-refractivity contribution in [3.8, 4) is 0 Å². The summed E-state index contributed by atoms with van der Waals surface area (Å²) in [6.07, 6.45) is 0. The highest BCUT2D eigenvalue weighted by atomic mass is 79.9. The SMILES string of the molecule is COCCN(CCBr)Cc1ccc(F)cc1Cl. The van der Waals surface area contributed by atoms with E-state index in [0.717, 1.165) is 24.0 Å². The third kappa shape index (κ3) is 5.34. The summed E-state index contributed by atoms with van der Waals surface area (Å²) in [4.78, 5) is 2.21. The van der Waals surface area contributed by atoms with Crippen molar-refractivity contribution in [3.63, 3.8) is 0 Å². The van der Waals surface area contributed by atoms with E-state index in [4.69, 9.17) is 16.3 Å². The third-order valence-electron chi connectivity index (χ3n) is 2.42. The molecular weight excluding hydrogens is 308 g/mol. The fourth-order valence-electron chi connectivity index (χ4n) is 1.50. The van der Waals surface area contributed by atoms with Crippen molar-refractivity contribution in [2.24, 2.45) is 0 Å². The molecule has 0 unspecified atom stereocenters. The maximum atomic E-state index is 12.9. The largest absolute Gasteiger partial charge is 0.383 e. The molecule has 1 aromatic rings. The molecule has 1 aromatic carbocycles. The van der Waals surface area contributed by atoms with Gasteiger partial charge in [-0.25, -0.2) is 4.39 Å². The fraction of sp³-hybridized carbons (Fsp3) is 0.500. The number of rotatable bonds is 7.